The molecule has 0 bridgehead atoms. The lowest BCUT2D eigenvalue weighted by Gasteiger charge is -2.31. The van der Waals surface area contributed by atoms with Crippen LogP contribution in [0.1, 0.15) is 50.9 Å². The molecule has 0 aliphatic heterocycles. The molecule has 1 aromatic heterocycles. The number of nitrogens with zero attached hydrogens (tertiary/aromatic N) is 2. The van der Waals surface area contributed by atoms with E-state index in [9.17, 15) is 9.90 Å². The van der Waals surface area contributed by atoms with E-state index in [1.54, 1.807) is 0 Å². The first-order valence-corrected chi connectivity index (χ1v) is 7.96. The van der Waals surface area contributed by atoms with Gasteiger partial charge in [0, 0.05) is 7.05 Å². The number of benzene rings is 1. The van der Waals surface area contributed by atoms with Crippen molar-refractivity contribution in [1.82, 2.24) is 14.9 Å². The number of aryl methyl sites for hydroxylation is 1. The average Bonchev–Trinajstić information content (AvgIpc) is 2.86. The molecule has 1 fully saturated rings. The summed E-state index contributed by atoms with van der Waals surface area (Å²) in [5.41, 5.74) is 0.740. The van der Waals surface area contributed by atoms with Crippen molar-refractivity contribution in [1.29, 1.82) is 0 Å². The van der Waals surface area contributed by atoms with Crippen LogP contribution in [0.5, 0.6) is 0 Å². The van der Waals surface area contributed by atoms with Gasteiger partial charge in [-0.15, -0.1) is 0 Å². The molecule has 1 atom stereocenters. The summed E-state index contributed by atoms with van der Waals surface area (Å²) in [4.78, 5) is 17.0. The molecule has 5 nitrogen and oxygen atoms in total. The third-order valence-electron chi connectivity index (χ3n) is 4.66. The predicted molar refractivity (Wildman–Crippen MR) is 85.3 cm³/mol. The summed E-state index contributed by atoms with van der Waals surface area (Å²) in [5.74, 6) is 0.528. The van der Waals surface area contributed by atoms with Gasteiger partial charge in [-0.1, -0.05) is 31.4 Å². The fourth-order valence-electron chi connectivity index (χ4n) is 3.31. The molecule has 1 saturated carbocycles. The van der Waals surface area contributed by atoms with E-state index in [2.05, 4.69) is 10.3 Å². The Kier molecular flexibility index (Phi) is 3.91. The van der Waals surface area contributed by atoms with Gasteiger partial charge in [0.15, 0.2) is 0 Å². The van der Waals surface area contributed by atoms with Crippen LogP contribution in [-0.2, 0) is 11.8 Å². The molecule has 1 amide bonds. The molecule has 118 valence electrons. The molecule has 5 heteroatoms. The summed E-state index contributed by atoms with van der Waals surface area (Å²) < 4.78 is 1.99. The topological polar surface area (TPSA) is 67.2 Å². The van der Waals surface area contributed by atoms with E-state index in [1.165, 1.54) is 0 Å². The Morgan fingerprint density at radius 1 is 1.32 bits per heavy atom. The van der Waals surface area contributed by atoms with Gasteiger partial charge in [0.2, 0.25) is 0 Å². The van der Waals surface area contributed by atoms with Crippen LogP contribution in [-0.4, -0.2) is 26.2 Å². The van der Waals surface area contributed by atoms with E-state index in [4.69, 9.17) is 0 Å². The highest BCUT2D eigenvalue weighted by atomic mass is 16.3. The molecule has 1 heterocycles. The van der Waals surface area contributed by atoms with Gasteiger partial charge in [-0.2, -0.15) is 0 Å². The van der Waals surface area contributed by atoms with Gasteiger partial charge in [-0.05, 0) is 31.9 Å². The second-order valence-corrected chi connectivity index (χ2v) is 6.31. The first-order valence-electron chi connectivity index (χ1n) is 7.96. The zero-order valence-corrected chi connectivity index (χ0v) is 13.2. The first-order chi connectivity index (χ1) is 10.5. The van der Waals surface area contributed by atoms with Gasteiger partial charge >= 0.3 is 0 Å². The van der Waals surface area contributed by atoms with Crippen LogP contribution >= 0.6 is 0 Å². The minimum absolute atomic E-state index is 0.240. The Morgan fingerprint density at radius 3 is 2.68 bits per heavy atom. The number of amides is 1. The maximum Gasteiger partial charge on any atom is 0.252 e. The van der Waals surface area contributed by atoms with Crippen molar-refractivity contribution in [2.24, 2.45) is 7.05 Å². The van der Waals surface area contributed by atoms with E-state index in [1.807, 2.05) is 42.8 Å². The van der Waals surface area contributed by atoms with Crippen molar-refractivity contribution >= 4 is 16.9 Å². The molecule has 0 radical (unpaired) electrons. The Labute approximate surface area is 130 Å². The number of para-hydroxylation sites is 2. The third kappa shape index (κ3) is 2.61. The van der Waals surface area contributed by atoms with Crippen LogP contribution in [0.25, 0.3) is 11.0 Å². The summed E-state index contributed by atoms with van der Waals surface area (Å²) in [7, 11) is 1.95. The molecule has 2 aromatic rings. The van der Waals surface area contributed by atoms with Crippen LogP contribution in [0.15, 0.2) is 24.3 Å². The first kappa shape index (κ1) is 15.0. The predicted octanol–water partition coefficient (Wildman–Crippen LogP) is 2.45. The third-order valence-corrected chi connectivity index (χ3v) is 4.66. The fraction of sp³-hybridized carbons (Fsp3) is 0.529. The van der Waals surface area contributed by atoms with E-state index in [0.29, 0.717) is 12.8 Å². The van der Waals surface area contributed by atoms with Crippen molar-refractivity contribution in [2.45, 2.75) is 50.7 Å². The number of hydrogen-bond acceptors (Lipinski definition) is 3. The highest BCUT2D eigenvalue weighted by Gasteiger charge is 2.37. The molecule has 0 spiro atoms. The quantitative estimate of drug-likeness (QED) is 0.915. The molecular formula is C17H23N3O2. The molecule has 2 N–H and O–H groups in total. The number of hydrogen-bond donors (Lipinski definition) is 2. The Morgan fingerprint density at radius 2 is 2.00 bits per heavy atom. The lowest BCUT2D eigenvalue weighted by atomic mass is 9.84. The number of aliphatic hydroxyl groups is 1. The van der Waals surface area contributed by atoms with E-state index in [-0.39, 0.29) is 11.9 Å². The number of aromatic nitrogens is 2. The monoisotopic (exact) mass is 301 g/mol. The summed E-state index contributed by atoms with van der Waals surface area (Å²) in [6.45, 7) is 1.91. The lowest BCUT2D eigenvalue weighted by Crippen LogP contribution is -2.48. The van der Waals surface area contributed by atoms with E-state index >= 15 is 0 Å². The maximum absolute atomic E-state index is 12.4. The maximum atomic E-state index is 12.4. The van der Waals surface area contributed by atoms with Crippen LogP contribution in [0.3, 0.4) is 0 Å². The highest BCUT2D eigenvalue weighted by molar-refractivity contribution is 5.85. The van der Waals surface area contributed by atoms with E-state index < -0.39 is 5.60 Å². The number of rotatable bonds is 3. The summed E-state index contributed by atoms with van der Waals surface area (Å²) >= 11 is 0. The van der Waals surface area contributed by atoms with Gasteiger partial charge < -0.3 is 15.0 Å². The number of fused-ring (bicyclic) bond motifs is 1. The zero-order valence-electron chi connectivity index (χ0n) is 13.2. The van der Waals surface area contributed by atoms with Gasteiger partial charge in [-0.25, -0.2) is 4.98 Å². The molecule has 1 aliphatic rings. The second kappa shape index (κ2) is 5.72. The Balaban J connectivity index is 1.79. The fourth-order valence-corrected chi connectivity index (χ4v) is 3.31. The number of carbonyl (C=O) groups excluding carboxylic acids is 1. The highest BCUT2D eigenvalue weighted by Crippen LogP contribution is 2.29. The standard InChI is InChI=1S/C17H23N3O2/c1-12(18-16(21)17(22)10-6-3-7-11-17)15-19-13-8-4-5-9-14(13)20(15)2/h4-5,8-9,12,22H,3,6-7,10-11H2,1-2H3,(H,18,21)/t12-/m0/s1. The SMILES string of the molecule is C[C@H](NC(=O)C1(O)CCCCC1)c1nc2ccccc2n1C. The summed E-state index contributed by atoms with van der Waals surface area (Å²) in [6.07, 6.45) is 4.01. The lowest BCUT2D eigenvalue weighted by molar-refractivity contribution is -0.143. The minimum Gasteiger partial charge on any atom is -0.380 e. The van der Waals surface area contributed by atoms with Crippen molar-refractivity contribution < 1.29 is 9.90 Å². The average molecular weight is 301 g/mol. The van der Waals surface area contributed by atoms with E-state index in [0.717, 1.165) is 36.1 Å². The molecular weight excluding hydrogens is 278 g/mol. The van der Waals surface area contributed by atoms with Gasteiger partial charge in [0.1, 0.15) is 11.4 Å². The smallest absolute Gasteiger partial charge is 0.252 e. The van der Waals surface area contributed by atoms with Crippen molar-refractivity contribution in [3.05, 3.63) is 30.1 Å². The molecule has 1 aliphatic carbocycles. The van der Waals surface area contributed by atoms with Crippen LogP contribution < -0.4 is 5.32 Å². The van der Waals surface area contributed by atoms with Gasteiger partial charge in [-0.3, -0.25) is 4.79 Å². The molecule has 0 unspecified atom stereocenters. The van der Waals surface area contributed by atoms with Crippen molar-refractivity contribution in [3.8, 4) is 0 Å². The zero-order chi connectivity index (χ0) is 15.7. The largest absolute Gasteiger partial charge is 0.380 e. The normalized spacial score (nSPS) is 19.0. The van der Waals surface area contributed by atoms with Crippen LogP contribution in [0.4, 0.5) is 0 Å². The van der Waals surface area contributed by atoms with Crippen molar-refractivity contribution in [3.63, 3.8) is 0 Å². The summed E-state index contributed by atoms with van der Waals surface area (Å²) in [6, 6.07) is 7.65. The number of carbonyl (C=O) groups is 1. The molecule has 0 saturated heterocycles. The Hall–Kier alpha value is -1.88. The number of nitrogens with one attached hydrogen (secondary N) is 1. The van der Waals surface area contributed by atoms with Crippen molar-refractivity contribution in [2.75, 3.05) is 0 Å². The molecule has 3 rings (SSSR count). The van der Waals surface area contributed by atoms with Crippen LogP contribution in [0, 0.1) is 0 Å². The molecule has 1 aromatic carbocycles. The Bertz CT molecular complexity index is 686. The number of imidazole rings is 1. The molecule has 22 heavy (non-hydrogen) atoms. The second-order valence-electron chi connectivity index (χ2n) is 6.31. The minimum atomic E-state index is -1.21. The summed E-state index contributed by atoms with van der Waals surface area (Å²) in [5, 5.41) is 13.4. The van der Waals surface area contributed by atoms with Crippen LogP contribution in [0.2, 0.25) is 0 Å². The van der Waals surface area contributed by atoms with Gasteiger partial charge in [0.25, 0.3) is 5.91 Å². The van der Waals surface area contributed by atoms with Gasteiger partial charge in [0.05, 0.1) is 17.1 Å².